The van der Waals surface area contributed by atoms with Crippen LogP contribution in [-0.2, 0) is 0 Å². The first-order chi connectivity index (χ1) is 12.3. The Morgan fingerprint density at radius 2 is 1.76 bits per heavy atom. The van der Waals surface area contributed by atoms with Crippen molar-refractivity contribution in [3.63, 3.8) is 0 Å². The quantitative estimate of drug-likeness (QED) is 0.578. The van der Waals surface area contributed by atoms with E-state index < -0.39 is 0 Å². The van der Waals surface area contributed by atoms with Crippen LogP contribution in [0, 0.1) is 0 Å². The number of nitrogens with zero attached hydrogens (tertiary/aromatic N) is 1. The number of imidazole rings is 1. The van der Waals surface area contributed by atoms with Gasteiger partial charge in [-0.3, -0.25) is 0 Å². The summed E-state index contributed by atoms with van der Waals surface area (Å²) in [6.07, 6.45) is 0. The first-order valence-corrected chi connectivity index (χ1v) is 8.28. The molecule has 0 saturated heterocycles. The molecule has 0 radical (unpaired) electrons. The molecule has 0 fully saturated rings. The molecule has 5 rings (SSSR count). The summed E-state index contributed by atoms with van der Waals surface area (Å²) in [4.78, 5) is 8.21. The number of methoxy groups -OCH3 is 1. The summed E-state index contributed by atoms with van der Waals surface area (Å²) >= 11 is 0. The molecule has 0 bridgehead atoms. The highest BCUT2D eigenvalue weighted by Crippen LogP contribution is 2.46. The van der Waals surface area contributed by atoms with Crippen LogP contribution >= 0.6 is 0 Å². The summed E-state index contributed by atoms with van der Waals surface area (Å²) in [6, 6.07) is 20.4. The summed E-state index contributed by atoms with van der Waals surface area (Å²) in [5.41, 5.74) is 14.1. The molecular weight excluding hydrogens is 310 g/mol. The first kappa shape index (κ1) is 14.3. The number of ether oxygens (including phenoxy) is 1. The normalized spacial score (nSPS) is 15.2. The van der Waals surface area contributed by atoms with Gasteiger partial charge in [-0.25, -0.2) is 4.98 Å². The number of benzene rings is 3. The fraction of sp³-hybridized carbons (Fsp3) is 0.0952. The number of H-pyrrole nitrogens is 1. The molecule has 4 aromatic rings. The molecular formula is C21H17N3O. The molecule has 0 aliphatic heterocycles. The lowest BCUT2D eigenvalue weighted by molar-refractivity contribution is 0.415. The third-order valence-electron chi connectivity index (χ3n) is 4.94. The maximum absolute atomic E-state index is 6.47. The number of hydrogen-bond donors (Lipinski definition) is 2. The Labute approximate surface area is 145 Å². The SMILES string of the molecule is COc1ccc2nc(-c3cccc4c3-c3ccccc3C4N)[nH]c2c1. The van der Waals surface area contributed by atoms with Crippen LogP contribution in [0.25, 0.3) is 33.5 Å². The van der Waals surface area contributed by atoms with Gasteiger partial charge in [0.25, 0.3) is 0 Å². The molecule has 0 amide bonds. The van der Waals surface area contributed by atoms with Gasteiger partial charge in [0.05, 0.1) is 24.2 Å². The smallest absolute Gasteiger partial charge is 0.139 e. The lowest BCUT2D eigenvalue weighted by Gasteiger charge is -2.08. The van der Waals surface area contributed by atoms with Crippen LogP contribution in [-0.4, -0.2) is 17.1 Å². The fourth-order valence-electron chi connectivity index (χ4n) is 3.73. The van der Waals surface area contributed by atoms with Gasteiger partial charge in [0, 0.05) is 11.6 Å². The second kappa shape index (κ2) is 5.19. The topological polar surface area (TPSA) is 63.9 Å². The zero-order valence-corrected chi connectivity index (χ0v) is 13.8. The maximum atomic E-state index is 6.47. The van der Waals surface area contributed by atoms with E-state index in [2.05, 4.69) is 35.3 Å². The first-order valence-electron chi connectivity index (χ1n) is 8.28. The number of fused-ring (bicyclic) bond motifs is 4. The third kappa shape index (κ3) is 2.01. The molecule has 1 aliphatic rings. The highest BCUT2D eigenvalue weighted by atomic mass is 16.5. The minimum absolute atomic E-state index is 0.0874. The second-order valence-corrected chi connectivity index (χ2v) is 6.30. The molecule has 122 valence electrons. The van der Waals surface area contributed by atoms with Crippen molar-refractivity contribution in [2.24, 2.45) is 5.73 Å². The number of nitrogens with two attached hydrogens (primary N) is 1. The Morgan fingerprint density at radius 1 is 0.960 bits per heavy atom. The number of rotatable bonds is 2. The largest absolute Gasteiger partial charge is 0.497 e. The van der Waals surface area contributed by atoms with Gasteiger partial charge in [-0.15, -0.1) is 0 Å². The number of hydrogen-bond acceptors (Lipinski definition) is 3. The standard InChI is InChI=1S/C21H17N3O/c1-25-12-9-10-17-18(11-12)24-21(23-17)16-8-4-7-15-19(16)13-5-2-3-6-14(13)20(15)22/h2-11,20H,22H2,1H3,(H,23,24). The van der Waals surface area contributed by atoms with Crippen molar-refractivity contribution in [1.82, 2.24) is 9.97 Å². The Morgan fingerprint density at radius 3 is 2.64 bits per heavy atom. The van der Waals surface area contributed by atoms with E-state index in [4.69, 9.17) is 15.5 Å². The summed E-state index contributed by atoms with van der Waals surface area (Å²) in [6.45, 7) is 0. The third-order valence-corrected chi connectivity index (χ3v) is 4.94. The van der Waals surface area contributed by atoms with Gasteiger partial charge >= 0.3 is 0 Å². The van der Waals surface area contributed by atoms with Crippen molar-refractivity contribution in [3.05, 3.63) is 71.8 Å². The van der Waals surface area contributed by atoms with Gasteiger partial charge in [-0.2, -0.15) is 0 Å². The Balaban J connectivity index is 1.75. The molecule has 1 aliphatic carbocycles. The van der Waals surface area contributed by atoms with Crippen molar-refractivity contribution in [2.75, 3.05) is 7.11 Å². The molecule has 1 heterocycles. The van der Waals surface area contributed by atoms with E-state index in [9.17, 15) is 0 Å². The molecule has 4 nitrogen and oxygen atoms in total. The lowest BCUT2D eigenvalue weighted by atomic mass is 9.99. The highest BCUT2D eigenvalue weighted by molar-refractivity contribution is 5.91. The van der Waals surface area contributed by atoms with E-state index in [-0.39, 0.29) is 6.04 Å². The second-order valence-electron chi connectivity index (χ2n) is 6.30. The zero-order chi connectivity index (χ0) is 17.0. The Kier molecular flexibility index (Phi) is 2.96. The van der Waals surface area contributed by atoms with Gasteiger partial charge in [-0.05, 0) is 34.4 Å². The lowest BCUT2D eigenvalue weighted by Crippen LogP contribution is -2.07. The number of aromatic nitrogens is 2. The summed E-state index contributed by atoms with van der Waals surface area (Å²) in [5, 5.41) is 0. The molecule has 1 aromatic heterocycles. The molecule has 0 saturated carbocycles. The molecule has 4 heteroatoms. The molecule has 0 spiro atoms. The predicted molar refractivity (Wildman–Crippen MR) is 99.5 cm³/mol. The van der Waals surface area contributed by atoms with Crippen LogP contribution in [0.15, 0.2) is 60.7 Å². The van der Waals surface area contributed by atoms with Gasteiger partial charge in [0.1, 0.15) is 11.6 Å². The van der Waals surface area contributed by atoms with Gasteiger partial charge < -0.3 is 15.5 Å². The van der Waals surface area contributed by atoms with Crippen molar-refractivity contribution in [3.8, 4) is 28.3 Å². The highest BCUT2D eigenvalue weighted by Gasteiger charge is 2.28. The number of nitrogens with one attached hydrogen (secondary N) is 1. The van der Waals surface area contributed by atoms with E-state index in [0.29, 0.717) is 0 Å². The van der Waals surface area contributed by atoms with E-state index in [0.717, 1.165) is 33.7 Å². The average Bonchev–Trinajstić information content (AvgIpc) is 3.21. The van der Waals surface area contributed by atoms with Crippen LogP contribution < -0.4 is 10.5 Å². The molecule has 3 aromatic carbocycles. The molecule has 25 heavy (non-hydrogen) atoms. The van der Waals surface area contributed by atoms with Crippen molar-refractivity contribution >= 4 is 11.0 Å². The Bertz CT molecular complexity index is 1110. The van der Waals surface area contributed by atoms with E-state index >= 15 is 0 Å². The zero-order valence-electron chi connectivity index (χ0n) is 13.8. The summed E-state index contributed by atoms with van der Waals surface area (Å²) in [5.74, 6) is 1.66. The van der Waals surface area contributed by atoms with Crippen LogP contribution in [0.1, 0.15) is 17.2 Å². The summed E-state index contributed by atoms with van der Waals surface area (Å²) < 4.78 is 5.31. The minimum Gasteiger partial charge on any atom is -0.497 e. The van der Waals surface area contributed by atoms with Crippen molar-refractivity contribution in [1.29, 1.82) is 0 Å². The minimum atomic E-state index is -0.0874. The maximum Gasteiger partial charge on any atom is 0.139 e. The van der Waals surface area contributed by atoms with Crippen LogP contribution in [0.3, 0.4) is 0 Å². The van der Waals surface area contributed by atoms with Crippen molar-refractivity contribution in [2.45, 2.75) is 6.04 Å². The fourth-order valence-corrected chi connectivity index (χ4v) is 3.73. The monoisotopic (exact) mass is 327 g/mol. The van der Waals surface area contributed by atoms with E-state index in [1.165, 1.54) is 16.7 Å². The van der Waals surface area contributed by atoms with Crippen LogP contribution in [0.4, 0.5) is 0 Å². The van der Waals surface area contributed by atoms with Crippen LogP contribution in [0.2, 0.25) is 0 Å². The average molecular weight is 327 g/mol. The predicted octanol–water partition coefficient (Wildman–Crippen LogP) is 4.27. The van der Waals surface area contributed by atoms with Gasteiger partial charge in [0.15, 0.2) is 0 Å². The molecule has 1 unspecified atom stereocenters. The molecule has 3 N–H and O–H groups in total. The Hall–Kier alpha value is -3.11. The van der Waals surface area contributed by atoms with Crippen LogP contribution in [0.5, 0.6) is 5.75 Å². The number of aromatic amines is 1. The van der Waals surface area contributed by atoms with Gasteiger partial charge in [0.2, 0.25) is 0 Å². The molecule has 1 atom stereocenters. The summed E-state index contributed by atoms with van der Waals surface area (Å²) in [7, 11) is 1.67. The van der Waals surface area contributed by atoms with Crippen molar-refractivity contribution < 1.29 is 4.74 Å². The van der Waals surface area contributed by atoms with E-state index in [1.54, 1.807) is 7.11 Å². The van der Waals surface area contributed by atoms with Gasteiger partial charge in [-0.1, -0.05) is 42.5 Å². The van der Waals surface area contributed by atoms with E-state index in [1.807, 2.05) is 30.3 Å².